The Balaban J connectivity index is 4.21. The average Bonchev–Trinajstić information content (AvgIpc) is 3.18. The van der Waals surface area contributed by atoms with Gasteiger partial charge >= 0.3 is 19.8 Å². The van der Waals surface area contributed by atoms with E-state index < -0.39 is 38.6 Å². The number of phosphoric ester groups is 1. The number of aliphatic hydroxyl groups is 1. The van der Waals surface area contributed by atoms with Gasteiger partial charge in [0.25, 0.3) is 0 Å². The maximum Gasteiger partial charge on any atom is 0.469 e. The summed E-state index contributed by atoms with van der Waals surface area (Å²) in [5, 5.41) is 9.97. The SMILES string of the molecule is CC/C=C\C/C=C\CC(O)/C=C/C=C\C/C=C\C/C=C\CCC(=O)OC[C@H](COP(=O)(O)O)OC(=O)CCCCC/C=C\C/C=C\C/C=C\C/C=C\CCCCC. The number of hydrogen-bond donors (Lipinski definition) is 3. The number of phosphoric acid groups is 1. The Bertz CT molecular complexity index is 1340. The van der Waals surface area contributed by atoms with Crippen LogP contribution in [0, 0.1) is 0 Å². The fraction of sp³-hybridized carbons (Fsp3) is 0.532. The summed E-state index contributed by atoms with van der Waals surface area (Å²) >= 11 is 0. The highest BCUT2D eigenvalue weighted by atomic mass is 31.2. The van der Waals surface area contributed by atoms with Crippen molar-refractivity contribution in [3.8, 4) is 0 Å². The van der Waals surface area contributed by atoms with E-state index in [0.717, 1.165) is 57.8 Å². The molecule has 0 aliphatic carbocycles. The zero-order valence-electron chi connectivity index (χ0n) is 34.8. The predicted molar refractivity (Wildman–Crippen MR) is 235 cm³/mol. The van der Waals surface area contributed by atoms with Crippen LogP contribution in [0.3, 0.4) is 0 Å². The molecule has 0 radical (unpaired) electrons. The molecule has 320 valence electrons. The second-order valence-electron chi connectivity index (χ2n) is 13.4. The molecular formula is C47H73O9P. The van der Waals surface area contributed by atoms with Gasteiger partial charge in [-0.2, -0.15) is 0 Å². The van der Waals surface area contributed by atoms with Crippen molar-refractivity contribution in [3.63, 3.8) is 0 Å². The Hall–Kier alpha value is -3.59. The van der Waals surface area contributed by atoms with E-state index in [1.54, 1.807) is 6.08 Å². The van der Waals surface area contributed by atoms with E-state index in [1.807, 2.05) is 48.6 Å². The molecule has 57 heavy (non-hydrogen) atoms. The lowest BCUT2D eigenvalue weighted by Crippen LogP contribution is -2.29. The molecule has 0 rings (SSSR count). The van der Waals surface area contributed by atoms with Crippen LogP contribution in [0.1, 0.15) is 136 Å². The van der Waals surface area contributed by atoms with Crippen molar-refractivity contribution in [1.82, 2.24) is 0 Å². The Morgan fingerprint density at radius 3 is 1.67 bits per heavy atom. The highest BCUT2D eigenvalue weighted by Crippen LogP contribution is 2.36. The van der Waals surface area contributed by atoms with E-state index in [0.29, 0.717) is 25.7 Å². The first kappa shape index (κ1) is 53.4. The molecule has 3 N–H and O–H groups in total. The smallest absolute Gasteiger partial charge is 0.462 e. The van der Waals surface area contributed by atoms with Crippen LogP contribution in [-0.2, 0) is 28.2 Å². The summed E-state index contributed by atoms with van der Waals surface area (Å²) in [7, 11) is -4.80. The number of carbonyl (C=O) groups excluding carboxylic acids is 2. The molecule has 0 aromatic carbocycles. The van der Waals surface area contributed by atoms with E-state index in [2.05, 4.69) is 85.2 Å². The summed E-state index contributed by atoms with van der Waals surface area (Å²) in [6.45, 7) is 3.36. The van der Waals surface area contributed by atoms with Gasteiger partial charge in [-0.25, -0.2) is 4.57 Å². The lowest BCUT2D eigenvalue weighted by atomic mass is 10.1. The van der Waals surface area contributed by atoms with Crippen molar-refractivity contribution in [2.45, 2.75) is 148 Å². The fourth-order valence-corrected chi connectivity index (χ4v) is 5.30. The molecule has 0 fully saturated rings. The highest BCUT2D eigenvalue weighted by molar-refractivity contribution is 7.46. The van der Waals surface area contributed by atoms with Crippen molar-refractivity contribution in [1.29, 1.82) is 0 Å². The fourth-order valence-electron chi connectivity index (χ4n) is 4.93. The Morgan fingerprint density at radius 1 is 0.561 bits per heavy atom. The second kappa shape index (κ2) is 40.6. The van der Waals surface area contributed by atoms with Gasteiger partial charge in [-0.15, -0.1) is 0 Å². The van der Waals surface area contributed by atoms with Crippen LogP contribution in [0.4, 0.5) is 0 Å². The summed E-state index contributed by atoms with van der Waals surface area (Å²) in [6, 6.07) is 0. The van der Waals surface area contributed by atoms with Gasteiger partial charge in [0.15, 0.2) is 6.10 Å². The van der Waals surface area contributed by atoms with Crippen LogP contribution in [-0.4, -0.2) is 52.3 Å². The van der Waals surface area contributed by atoms with Crippen LogP contribution in [0.2, 0.25) is 0 Å². The van der Waals surface area contributed by atoms with Crippen LogP contribution in [0.15, 0.2) is 122 Å². The van der Waals surface area contributed by atoms with Crippen LogP contribution in [0.25, 0.3) is 0 Å². The van der Waals surface area contributed by atoms with E-state index >= 15 is 0 Å². The Kier molecular flexibility index (Phi) is 38.0. The summed E-state index contributed by atoms with van der Waals surface area (Å²) in [6.07, 6.45) is 55.3. The molecule has 2 atom stereocenters. The van der Waals surface area contributed by atoms with Crippen molar-refractivity contribution in [2.75, 3.05) is 13.2 Å². The van der Waals surface area contributed by atoms with Crippen LogP contribution in [0.5, 0.6) is 0 Å². The third kappa shape index (κ3) is 43.4. The molecule has 0 bridgehead atoms. The number of carbonyl (C=O) groups is 2. The summed E-state index contributed by atoms with van der Waals surface area (Å²) in [5.41, 5.74) is 0. The Morgan fingerprint density at radius 2 is 1.09 bits per heavy atom. The second-order valence-corrected chi connectivity index (χ2v) is 14.7. The van der Waals surface area contributed by atoms with E-state index in [1.165, 1.54) is 25.7 Å². The minimum absolute atomic E-state index is 0.103. The first-order valence-corrected chi connectivity index (χ1v) is 22.5. The quantitative estimate of drug-likeness (QED) is 0.0185. The maximum atomic E-state index is 12.4. The third-order valence-corrected chi connectivity index (χ3v) is 8.54. The minimum Gasteiger partial charge on any atom is -0.462 e. The zero-order valence-corrected chi connectivity index (χ0v) is 35.7. The molecule has 0 aliphatic rings. The molecule has 0 aromatic heterocycles. The average molecular weight is 813 g/mol. The highest BCUT2D eigenvalue weighted by Gasteiger charge is 2.22. The van der Waals surface area contributed by atoms with Gasteiger partial charge in [-0.1, -0.05) is 155 Å². The molecule has 0 aromatic rings. The molecule has 0 spiro atoms. The van der Waals surface area contributed by atoms with Crippen LogP contribution >= 0.6 is 7.82 Å². The molecule has 0 saturated carbocycles. The van der Waals surface area contributed by atoms with Gasteiger partial charge < -0.3 is 24.4 Å². The van der Waals surface area contributed by atoms with Gasteiger partial charge in [0.1, 0.15) is 6.61 Å². The van der Waals surface area contributed by atoms with E-state index in [4.69, 9.17) is 19.3 Å². The topological polar surface area (TPSA) is 140 Å². The maximum absolute atomic E-state index is 12.4. The monoisotopic (exact) mass is 812 g/mol. The van der Waals surface area contributed by atoms with E-state index in [9.17, 15) is 19.3 Å². The van der Waals surface area contributed by atoms with E-state index in [-0.39, 0.29) is 19.4 Å². The van der Waals surface area contributed by atoms with Crippen molar-refractivity contribution in [2.24, 2.45) is 0 Å². The standard InChI is InChI=1S/C47H73O9P/c1-3-5-7-9-11-12-13-14-15-16-17-18-19-20-21-26-29-33-37-41-47(50)56-45(43-55-57(51,52)53)42-54-46(49)40-36-32-28-25-23-22-24-27-31-35-39-44(48)38-34-30-10-8-6-4-2/h6,8,11-12,14-15,17-18,20-23,27-28,30-32,34-35,39,44-45,48H,3-5,7,9-10,13,16,19,24-26,29,33,36-38,40-43H2,1-2H3,(H2,51,52,53)/b8-6-,12-11-,15-14-,18-17-,21-20-,23-22-,31-27-,32-28-,34-30-,39-35+/t44?,45-/m1/s1. The molecule has 0 amide bonds. The number of rotatable bonds is 36. The predicted octanol–water partition coefficient (Wildman–Crippen LogP) is 11.9. The molecule has 10 heteroatoms. The van der Waals surface area contributed by atoms with Gasteiger partial charge in [0.05, 0.1) is 12.7 Å². The van der Waals surface area contributed by atoms with Crippen molar-refractivity contribution in [3.05, 3.63) is 122 Å². The van der Waals surface area contributed by atoms with Gasteiger partial charge in [0.2, 0.25) is 0 Å². The third-order valence-electron chi connectivity index (χ3n) is 8.06. The van der Waals surface area contributed by atoms with Gasteiger partial charge in [0, 0.05) is 12.8 Å². The molecule has 9 nitrogen and oxygen atoms in total. The summed E-state index contributed by atoms with van der Waals surface area (Å²) in [5.74, 6) is -1.06. The normalized spacial score (nSPS) is 14.3. The van der Waals surface area contributed by atoms with Gasteiger partial charge in [-0.05, 0) is 89.9 Å². The Labute approximate surface area is 344 Å². The van der Waals surface area contributed by atoms with Gasteiger partial charge in [-0.3, -0.25) is 14.1 Å². The largest absolute Gasteiger partial charge is 0.469 e. The molecular weight excluding hydrogens is 739 g/mol. The summed E-state index contributed by atoms with van der Waals surface area (Å²) in [4.78, 5) is 42.8. The number of allylic oxidation sites excluding steroid dienone is 18. The zero-order chi connectivity index (χ0) is 41.9. The lowest BCUT2D eigenvalue weighted by molar-refractivity contribution is -0.161. The number of ether oxygens (including phenoxy) is 2. The number of esters is 2. The summed E-state index contributed by atoms with van der Waals surface area (Å²) < 4.78 is 26.3. The lowest BCUT2D eigenvalue weighted by Gasteiger charge is -2.18. The minimum atomic E-state index is -4.80. The molecule has 0 saturated heterocycles. The van der Waals surface area contributed by atoms with Crippen molar-refractivity contribution < 1.29 is 43.0 Å². The number of aliphatic hydroxyl groups excluding tert-OH is 1. The van der Waals surface area contributed by atoms with Crippen LogP contribution < -0.4 is 0 Å². The van der Waals surface area contributed by atoms with Crippen molar-refractivity contribution >= 4 is 19.8 Å². The molecule has 1 unspecified atom stereocenters. The number of hydrogen-bond acceptors (Lipinski definition) is 7. The number of unbranched alkanes of at least 4 members (excludes halogenated alkanes) is 6. The molecule has 0 heterocycles. The molecule has 0 aliphatic heterocycles. The first-order chi connectivity index (χ1) is 27.7. The first-order valence-electron chi connectivity index (χ1n) is 20.9.